The van der Waals surface area contributed by atoms with Gasteiger partial charge < -0.3 is 9.26 Å². The molecule has 0 unspecified atom stereocenters. The summed E-state index contributed by atoms with van der Waals surface area (Å²) >= 11 is 11.8. The third-order valence-corrected chi connectivity index (χ3v) is 6.70. The number of nitrogens with zero attached hydrogens (tertiary/aromatic N) is 3. The van der Waals surface area contributed by atoms with Crippen molar-refractivity contribution in [1.82, 2.24) is 14.4 Å². The van der Waals surface area contributed by atoms with Crippen LogP contribution in [0.25, 0.3) is 0 Å². The van der Waals surface area contributed by atoms with E-state index < -0.39 is 10.0 Å². The summed E-state index contributed by atoms with van der Waals surface area (Å²) in [4.78, 5) is 4.30. The first-order valence-electron chi connectivity index (χ1n) is 8.68. The molecule has 10 heteroatoms. The van der Waals surface area contributed by atoms with Crippen LogP contribution in [-0.2, 0) is 23.1 Å². The molecule has 0 radical (unpaired) electrons. The third kappa shape index (κ3) is 5.48. The molecule has 3 rings (SSSR count). The topological polar surface area (TPSA) is 85.5 Å². The number of aromatic nitrogens is 2. The minimum atomic E-state index is -3.71. The van der Waals surface area contributed by atoms with Crippen molar-refractivity contribution < 1.29 is 17.7 Å². The normalized spacial score (nSPS) is 11.8. The second-order valence-corrected chi connectivity index (χ2v) is 9.22. The maximum Gasteiger partial charge on any atom is 0.264 e. The summed E-state index contributed by atoms with van der Waals surface area (Å²) < 4.78 is 37.3. The molecule has 0 aliphatic rings. The number of sulfonamides is 1. The van der Waals surface area contributed by atoms with Crippen LogP contribution < -0.4 is 4.74 Å². The molecule has 0 atom stereocenters. The van der Waals surface area contributed by atoms with Gasteiger partial charge in [-0.25, -0.2) is 12.7 Å². The Morgan fingerprint density at radius 1 is 1.14 bits per heavy atom. The highest BCUT2D eigenvalue weighted by Gasteiger charge is 2.22. The van der Waals surface area contributed by atoms with Crippen LogP contribution in [0.1, 0.15) is 17.3 Å². The molecule has 3 aromatic rings. The third-order valence-electron chi connectivity index (χ3n) is 4.11. The van der Waals surface area contributed by atoms with E-state index in [9.17, 15) is 8.42 Å². The number of hydrogen-bond acceptors (Lipinski definition) is 6. The van der Waals surface area contributed by atoms with Crippen LogP contribution in [0.3, 0.4) is 0 Å². The summed E-state index contributed by atoms with van der Waals surface area (Å²) in [5.41, 5.74) is 1.08. The van der Waals surface area contributed by atoms with Gasteiger partial charge in [-0.05, 0) is 42.8 Å². The lowest BCUT2D eigenvalue weighted by Crippen LogP contribution is -2.29. The smallest absolute Gasteiger partial charge is 0.264 e. The Hall–Kier alpha value is -2.13. The van der Waals surface area contributed by atoms with Gasteiger partial charge in [-0.1, -0.05) is 40.5 Å². The van der Waals surface area contributed by atoms with Crippen LogP contribution in [0.2, 0.25) is 10.0 Å². The van der Waals surface area contributed by atoms with Crippen LogP contribution in [0.4, 0.5) is 0 Å². The Balaban J connectivity index is 1.57. The zero-order chi connectivity index (χ0) is 21.0. The molecule has 0 N–H and O–H groups in total. The Morgan fingerprint density at radius 2 is 1.93 bits per heavy atom. The van der Waals surface area contributed by atoms with E-state index in [-0.39, 0.29) is 29.5 Å². The first-order chi connectivity index (χ1) is 13.8. The van der Waals surface area contributed by atoms with E-state index in [0.29, 0.717) is 22.5 Å². The molecule has 0 aliphatic heterocycles. The predicted octanol–water partition coefficient (Wildman–Crippen LogP) is 4.13. The molecule has 29 heavy (non-hydrogen) atoms. The van der Waals surface area contributed by atoms with Crippen LogP contribution >= 0.6 is 23.2 Å². The minimum absolute atomic E-state index is 0.0646. The van der Waals surface area contributed by atoms with Gasteiger partial charge in [0.1, 0.15) is 5.75 Å². The second kappa shape index (κ2) is 9.13. The average molecular weight is 456 g/mol. The Bertz CT molecular complexity index is 1100. The molecule has 1 heterocycles. The maximum atomic E-state index is 12.6. The van der Waals surface area contributed by atoms with Gasteiger partial charge in [-0.2, -0.15) is 4.98 Å². The molecule has 0 fully saturated rings. The van der Waals surface area contributed by atoms with Crippen molar-refractivity contribution in [3.8, 4) is 5.75 Å². The van der Waals surface area contributed by atoms with Crippen molar-refractivity contribution >= 4 is 33.2 Å². The van der Waals surface area contributed by atoms with E-state index in [1.165, 1.54) is 29.6 Å². The number of hydrogen-bond donors (Lipinski definition) is 0. The molecular formula is C19H19Cl2N3O4S. The van der Waals surface area contributed by atoms with Gasteiger partial charge in [0.15, 0.2) is 12.4 Å². The highest BCUT2D eigenvalue weighted by Crippen LogP contribution is 2.26. The van der Waals surface area contributed by atoms with Crippen molar-refractivity contribution in [3.63, 3.8) is 0 Å². The van der Waals surface area contributed by atoms with E-state index in [1.54, 1.807) is 0 Å². The molecule has 154 valence electrons. The first-order valence-corrected chi connectivity index (χ1v) is 10.9. The van der Waals surface area contributed by atoms with Crippen LogP contribution in [0.5, 0.6) is 5.75 Å². The molecule has 0 amide bonds. The summed E-state index contributed by atoms with van der Waals surface area (Å²) in [5.74, 6) is 1.41. The van der Waals surface area contributed by atoms with Crippen molar-refractivity contribution in [2.75, 3.05) is 13.6 Å². The highest BCUT2D eigenvalue weighted by molar-refractivity contribution is 7.89. The fourth-order valence-electron chi connectivity index (χ4n) is 2.50. The Kier molecular flexibility index (Phi) is 6.79. The van der Waals surface area contributed by atoms with Gasteiger partial charge in [0.05, 0.1) is 14.9 Å². The number of benzene rings is 2. The summed E-state index contributed by atoms with van der Waals surface area (Å²) in [6, 6.07) is 11.8. The summed E-state index contributed by atoms with van der Waals surface area (Å²) in [5, 5.41) is 4.34. The molecule has 0 spiro atoms. The first kappa shape index (κ1) is 21.6. The van der Waals surface area contributed by atoms with E-state index in [4.69, 9.17) is 32.5 Å². The van der Waals surface area contributed by atoms with Gasteiger partial charge >= 0.3 is 0 Å². The maximum absolute atomic E-state index is 12.6. The molecular weight excluding hydrogens is 437 g/mol. The largest absolute Gasteiger partial charge is 0.484 e. The number of ether oxygens (including phenoxy) is 1. The van der Waals surface area contributed by atoms with Crippen molar-refractivity contribution in [1.29, 1.82) is 0 Å². The van der Waals surface area contributed by atoms with E-state index in [0.717, 1.165) is 5.56 Å². The van der Waals surface area contributed by atoms with Crippen LogP contribution in [0, 0.1) is 6.92 Å². The lowest BCUT2D eigenvalue weighted by molar-refractivity contribution is 0.242. The number of rotatable bonds is 8. The predicted molar refractivity (Wildman–Crippen MR) is 110 cm³/mol. The number of aryl methyl sites for hydroxylation is 1. The van der Waals surface area contributed by atoms with Gasteiger partial charge in [-0.3, -0.25) is 0 Å². The molecule has 0 saturated heterocycles. The van der Waals surface area contributed by atoms with E-state index >= 15 is 0 Å². The van der Waals surface area contributed by atoms with Gasteiger partial charge in [-0.15, -0.1) is 0 Å². The summed E-state index contributed by atoms with van der Waals surface area (Å²) in [7, 11) is -2.24. The standard InChI is InChI=1S/C19H19Cl2N3O4S/c1-13-4-3-5-14(10-13)27-12-19-22-18(23-28-19)8-9-24(2)29(25,26)15-6-7-16(20)17(21)11-15/h3-7,10-11H,8-9,12H2,1-2H3. The number of halogens is 2. The summed E-state index contributed by atoms with van der Waals surface area (Å²) in [6.45, 7) is 2.27. The van der Waals surface area contributed by atoms with Crippen molar-refractivity contribution in [2.45, 2.75) is 24.8 Å². The highest BCUT2D eigenvalue weighted by atomic mass is 35.5. The second-order valence-electron chi connectivity index (χ2n) is 6.36. The molecule has 7 nitrogen and oxygen atoms in total. The fraction of sp³-hybridized carbons (Fsp3) is 0.263. The molecule has 0 bridgehead atoms. The Labute approximate surface area is 179 Å². The SMILES string of the molecule is Cc1cccc(OCc2nc(CCN(C)S(=O)(=O)c3ccc(Cl)c(Cl)c3)no2)c1. The van der Waals surface area contributed by atoms with Crippen LogP contribution in [0.15, 0.2) is 51.9 Å². The van der Waals surface area contributed by atoms with E-state index in [2.05, 4.69) is 10.1 Å². The zero-order valence-corrected chi connectivity index (χ0v) is 18.1. The fourth-order valence-corrected chi connectivity index (χ4v) is 4.06. The van der Waals surface area contributed by atoms with Crippen molar-refractivity contribution in [3.05, 3.63) is 69.8 Å². The van der Waals surface area contributed by atoms with E-state index in [1.807, 2.05) is 31.2 Å². The van der Waals surface area contributed by atoms with Crippen LogP contribution in [-0.4, -0.2) is 36.5 Å². The van der Waals surface area contributed by atoms with Gasteiger partial charge in [0, 0.05) is 20.0 Å². The zero-order valence-electron chi connectivity index (χ0n) is 15.8. The molecule has 0 saturated carbocycles. The molecule has 0 aliphatic carbocycles. The Morgan fingerprint density at radius 3 is 2.66 bits per heavy atom. The lowest BCUT2D eigenvalue weighted by atomic mass is 10.2. The lowest BCUT2D eigenvalue weighted by Gasteiger charge is -2.16. The van der Waals surface area contributed by atoms with Crippen molar-refractivity contribution in [2.24, 2.45) is 0 Å². The monoisotopic (exact) mass is 455 g/mol. The van der Waals surface area contributed by atoms with Gasteiger partial charge in [0.2, 0.25) is 10.0 Å². The molecule has 1 aromatic heterocycles. The van der Waals surface area contributed by atoms with Gasteiger partial charge in [0.25, 0.3) is 5.89 Å². The quantitative estimate of drug-likeness (QED) is 0.507. The minimum Gasteiger partial charge on any atom is -0.484 e. The average Bonchev–Trinajstić information content (AvgIpc) is 3.14. The number of likely N-dealkylation sites (N-methyl/N-ethyl adjacent to an activating group) is 1. The molecule has 2 aromatic carbocycles. The summed E-state index contributed by atoms with van der Waals surface area (Å²) in [6.07, 6.45) is 0.283.